The van der Waals surface area contributed by atoms with Crippen LogP contribution in [0, 0.1) is 6.92 Å². The van der Waals surface area contributed by atoms with Crippen molar-refractivity contribution in [3.05, 3.63) is 71.3 Å². The molecule has 0 spiro atoms. The van der Waals surface area contributed by atoms with Crippen LogP contribution in [0.15, 0.2) is 54.6 Å². The molecule has 1 N–H and O–H groups in total. The second-order valence-electron chi connectivity index (χ2n) is 6.21. The Morgan fingerprint density at radius 2 is 1.55 bits per heavy atom. The Labute approximate surface area is 123 Å². The number of aryl methyl sites for hydroxylation is 1. The molecule has 1 unspecified atom stereocenters. The minimum absolute atomic E-state index is 0.137. The highest BCUT2D eigenvalue weighted by Crippen LogP contribution is 2.24. The van der Waals surface area contributed by atoms with E-state index in [1.54, 1.807) is 0 Å². The van der Waals surface area contributed by atoms with Crippen molar-refractivity contribution in [3.63, 3.8) is 0 Å². The first-order valence-electron chi connectivity index (χ1n) is 7.35. The van der Waals surface area contributed by atoms with Crippen molar-refractivity contribution in [2.45, 2.75) is 39.2 Å². The van der Waals surface area contributed by atoms with Crippen LogP contribution in [-0.4, -0.2) is 6.54 Å². The Kier molecular flexibility index (Phi) is 4.61. The van der Waals surface area contributed by atoms with Gasteiger partial charge in [0.05, 0.1) is 0 Å². The summed E-state index contributed by atoms with van der Waals surface area (Å²) in [6.07, 6.45) is 0. The zero-order valence-electron chi connectivity index (χ0n) is 13.0. The van der Waals surface area contributed by atoms with Gasteiger partial charge in [-0.25, -0.2) is 0 Å². The lowest BCUT2D eigenvalue weighted by molar-refractivity contribution is 0.435. The Hall–Kier alpha value is -1.60. The molecular formula is C19H25N. The average Bonchev–Trinajstić information content (AvgIpc) is 2.46. The van der Waals surface area contributed by atoms with Crippen LogP contribution in [0.2, 0.25) is 0 Å². The Morgan fingerprint density at radius 1 is 0.950 bits per heavy atom. The Balaban J connectivity index is 2.03. The highest BCUT2D eigenvalue weighted by Gasteiger charge is 2.21. The molecule has 0 bridgehead atoms. The van der Waals surface area contributed by atoms with Gasteiger partial charge in [0.25, 0.3) is 0 Å². The molecule has 1 nitrogen and oxygen atoms in total. The van der Waals surface area contributed by atoms with Gasteiger partial charge in [-0.3, -0.25) is 0 Å². The van der Waals surface area contributed by atoms with E-state index in [0.29, 0.717) is 6.04 Å². The van der Waals surface area contributed by atoms with Crippen LogP contribution < -0.4 is 5.32 Å². The fourth-order valence-corrected chi connectivity index (χ4v) is 2.58. The van der Waals surface area contributed by atoms with Crippen LogP contribution in [0.1, 0.15) is 43.5 Å². The summed E-state index contributed by atoms with van der Waals surface area (Å²) in [5.74, 6) is 0. The minimum atomic E-state index is 0.137. The van der Waals surface area contributed by atoms with Crippen LogP contribution in [0.5, 0.6) is 0 Å². The summed E-state index contributed by atoms with van der Waals surface area (Å²) in [7, 11) is 0. The summed E-state index contributed by atoms with van der Waals surface area (Å²) >= 11 is 0. The van der Waals surface area contributed by atoms with E-state index in [1.807, 2.05) is 0 Å². The molecule has 0 saturated carbocycles. The van der Waals surface area contributed by atoms with Crippen molar-refractivity contribution in [2.75, 3.05) is 6.54 Å². The van der Waals surface area contributed by atoms with Crippen molar-refractivity contribution in [1.82, 2.24) is 5.32 Å². The zero-order valence-corrected chi connectivity index (χ0v) is 13.0. The third-order valence-electron chi connectivity index (χ3n) is 4.06. The van der Waals surface area contributed by atoms with Gasteiger partial charge in [0, 0.05) is 18.0 Å². The lowest BCUT2D eigenvalue weighted by Gasteiger charge is -2.28. The lowest BCUT2D eigenvalue weighted by Crippen LogP contribution is -2.34. The standard InChI is InChI=1S/C19H25N/c1-15-10-8-9-13-18(15)16(2)20-14-19(3,4)17-11-6-5-7-12-17/h5-13,16,20H,14H2,1-4H3. The molecular weight excluding hydrogens is 242 g/mol. The van der Waals surface area contributed by atoms with Crippen molar-refractivity contribution in [2.24, 2.45) is 0 Å². The van der Waals surface area contributed by atoms with Gasteiger partial charge in [0.2, 0.25) is 0 Å². The molecule has 0 aromatic heterocycles. The summed E-state index contributed by atoms with van der Waals surface area (Å²) in [6.45, 7) is 9.96. The van der Waals surface area contributed by atoms with E-state index in [9.17, 15) is 0 Å². The third-order valence-corrected chi connectivity index (χ3v) is 4.06. The third kappa shape index (κ3) is 3.49. The maximum absolute atomic E-state index is 3.68. The van der Waals surface area contributed by atoms with E-state index in [4.69, 9.17) is 0 Å². The van der Waals surface area contributed by atoms with Gasteiger partial charge in [-0.1, -0.05) is 68.4 Å². The fourth-order valence-electron chi connectivity index (χ4n) is 2.58. The summed E-state index contributed by atoms with van der Waals surface area (Å²) in [4.78, 5) is 0. The fraction of sp³-hybridized carbons (Fsp3) is 0.368. The summed E-state index contributed by atoms with van der Waals surface area (Å²) in [5, 5.41) is 3.68. The average molecular weight is 267 g/mol. The van der Waals surface area contributed by atoms with E-state index >= 15 is 0 Å². The van der Waals surface area contributed by atoms with E-state index in [2.05, 4.69) is 87.6 Å². The molecule has 0 aliphatic heterocycles. The van der Waals surface area contributed by atoms with E-state index in [-0.39, 0.29) is 5.41 Å². The van der Waals surface area contributed by atoms with Crippen LogP contribution >= 0.6 is 0 Å². The maximum atomic E-state index is 3.68. The van der Waals surface area contributed by atoms with Gasteiger partial charge < -0.3 is 5.32 Å². The van der Waals surface area contributed by atoms with Crippen LogP contribution in [-0.2, 0) is 5.41 Å². The number of hydrogen-bond acceptors (Lipinski definition) is 1. The normalized spacial score (nSPS) is 13.2. The van der Waals surface area contributed by atoms with Crippen LogP contribution in [0.3, 0.4) is 0 Å². The van der Waals surface area contributed by atoms with Crippen molar-refractivity contribution >= 4 is 0 Å². The van der Waals surface area contributed by atoms with E-state index in [0.717, 1.165) is 6.54 Å². The van der Waals surface area contributed by atoms with Crippen molar-refractivity contribution < 1.29 is 0 Å². The quantitative estimate of drug-likeness (QED) is 0.833. The highest BCUT2D eigenvalue weighted by molar-refractivity contribution is 5.29. The van der Waals surface area contributed by atoms with Gasteiger partial charge in [0.15, 0.2) is 0 Å². The van der Waals surface area contributed by atoms with E-state index < -0.39 is 0 Å². The number of rotatable bonds is 5. The molecule has 106 valence electrons. The molecule has 2 rings (SSSR count). The lowest BCUT2D eigenvalue weighted by atomic mass is 9.84. The molecule has 0 aliphatic rings. The molecule has 1 heteroatoms. The van der Waals surface area contributed by atoms with Gasteiger partial charge in [-0.15, -0.1) is 0 Å². The minimum Gasteiger partial charge on any atom is -0.309 e. The molecule has 1 atom stereocenters. The molecule has 0 aliphatic carbocycles. The maximum Gasteiger partial charge on any atom is 0.0294 e. The molecule has 0 saturated heterocycles. The predicted molar refractivity (Wildman–Crippen MR) is 87.1 cm³/mol. The Bertz CT molecular complexity index is 543. The highest BCUT2D eigenvalue weighted by atomic mass is 14.9. The molecule has 0 heterocycles. The molecule has 2 aromatic carbocycles. The number of nitrogens with one attached hydrogen (secondary N) is 1. The largest absolute Gasteiger partial charge is 0.309 e. The SMILES string of the molecule is Cc1ccccc1C(C)NCC(C)(C)c1ccccc1. The second kappa shape index (κ2) is 6.23. The zero-order chi connectivity index (χ0) is 14.6. The predicted octanol–water partition coefficient (Wildman–Crippen LogP) is 4.62. The number of benzene rings is 2. The van der Waals surface area contributed by atoms with Crippen molar-refractivity contribution in [3.8, 4) is 0 Å². The smallest absolute Gasteiger partial charge is 0.0294 e. The summed E-state index contributed by atoms with van der Waals surface area (Å²) in [5.41, 5.74) is 4.25. The van der Waals surface area contributed by atoms with Gasteiger partial charge >= 0.3 is 0 Å². The first-order chi connectivity index (χ1) is 9.50. The molecule has 0 amide bonds. The summed E-state index contributed by atoms with van der Waals surface area (Å²) < 4.78 is 0. The summed E-state index contributed by atoms with van der Waals surface area (Å²) in [6, 6.07) is 19.7. The molecule has 20 heavy (non-hydrogen) atoms. The van der Waals surface area contributed by atoms with Gasteiger partial charge in [0.1, 0.15) is 0 Å². The van der Waals surface area contributed by atoms with Gasteiger partial charge in [-0.2, -0.15) is 0 Å². The van der Waals surface area contributed by atoms with Gasteiger partial charge in [-0.05, 0) is 30.5 Å². The second-order valence-corrected chi connectivity index (χ2v) is 6.21. The molecule has 0 radical (unpaired) electrons. The monoisotopic (exact) mass is 267 g/mol. The number of hydrogen-bond donors (Lipinski definition) is 1. The van der Waals surface area contributed by atoms with Crippen molar-refractivity contribution in [1.29, 1.82) is 0 Å². The van der Waals surface area contributed by atoms with Crippen LogP contribution in [0.25, 0.3) is 0 Å². The Morgan fingerprint density at radius 3 is 2.20 bits per heavy atom. The first-order valence-corrected chi connectivity index (χ1v) is 7.35. The topological polar surface area (TPSA) is 12.0 Å². The van der Waals surface area contributed by atoms with E-state index in [1.165, 1.54) is 16.7 Å². The van der Waals surface area contributed by atoms with Crippen LogP contribution in [0.4, 0.5) is 0 Å². The molecule has 2 aromatic rings. The first kappa shape index (κ1) is 14.8. The molecule has 0 fully saturated rings.